The Hall–Kier alpha value is -2.08. The smallest absolute Gasteiger partial charge is 0.00643 e. The first kappa shape index (κ1) is 10.7. The quantitative estimate of drug-likeness (QED) is 0.481. The van der Waals surface area contributed by atoms with E-state index in [4.69, 9.17) is 0 Å². The molecule has 3 aromatic rings. The second kappa shape index (κ2) is 3.73. The molecule has 20 heavy (non-hydrogen) atoms. The molecule has 0 fully saturated rings. The van der Waals surface area contributed by atoms with Crippen LogP contribution in [0.2, 0.25) is 0 Å². The number of fused-ring (bicyclic) bond motifs is 3. The van der Waals surface area contributed by atoms with E-state index in [1.54, 1.807) is 22.1 Å². The molecule has 0 radical (unpaired) electrons. The van der Waals surface area contributed by atoms with Gasteiger partial charge in [-0.05, 0) is 69.5 Å². The Labute approximate surface area is 118 Å². The van der Waals surface area contributed by atoms with Crippen molar-refractivity contribution in [2.75, 3.05) is 0 Å². The van der Waals surface area contributed by atoms with Gasteiger partial charge < -0.3 is 0 Å². The van der Waals surface area contributed by atoms with Crippen LogP contribution in [-0.4, -0.2) is 0 Å². The van der Waals surface area contributed by atoms with E-state index in [1.807, 2.05) is 0 Å². The van der Waals surface area contributed by atoms with Gasteiger partial charge in [-0.25, -0.2) is 0 Å². The normalized spacial score (nSPS) is 16.5. The summed E-state index contributed by atoms with van der Waals surface area (Å²) in [5.74, 6) is 0. The van der Waals surface area contributed by atoms with E-state index in [0.717, 1.165) is 6.42 Å². The van der Waals surface area contributed by atoms with E-state index < -0.39 is 0 Å². The minimum atomic E-state index is 1.11. The number of hydrogen-bond donors (Lipinski definition) is 0. The molecule has 0 heterocycles. The molecule has 0 saturated carbocycles. The predicted octanol–water partition coefficient (Wildman–Crippen LogP) is 5.27. The molecule has 96 valence electrons. The van der Waals surface area contributed by atoms with Gasteiger partial charge in [0.05, 0.1) is 0 Å². The Balaban J connectivity index is 2.13. The van der Waals surface area contributed by atoms with Gasteiger partial charge in [0.15, 0.2) is 0 Å². The van der Waals surface area contributed by atoms with Crippen LogP contribution in [0, 0.1) is 0 Å². The molecule has 0 atom stereocenters. The van der Waals surface area contributed by atoms with Crippen LogP contribution in [0.15, 0.2) is 48.5 Å². The molecule has 0 spiro atoms. The number of aryl methyl sites for hydroxylation is 1. The molecule has 0 nitrogen and oxygen atoms in total. The molecule has 0 heteroatoms. The second-order valence-corrected chi connectivity index (χ2v) is 6.03. The minimum Gasteiger partial charge on any atom is -0.0763 e. The maximum absolute atomic E-state index is 2.47. The van der Waals surface area contributed by atoms with Crippen LogP contribution < -0.4 is 0 Å². The van der Waals surface area contributed by atoms with Crippen LogP contribution >= 0.6 is 0 Å². The summed E-state index contributed by atoms with van der Waals surface area (Å²) in [5, 5.41) is 5.90. The Bertz CT molecular complexity index is 897. The third-order valence-corrected chi connectivity index (χ3v) is 5.01. The molecular formula is C20H16. The standard InChI is InChI=1S/C20H16/c1-2-8-16-15(7-1)17-9-3-5-13-11-12-14-6-4-10-18(16)20(14)19(13)17/h1-3,5,7-9,12H,4,6,10-11H2. The van der Waals surface area contributed by atoms with Crippen LogP contribution in [0.4, 0.5) is 0 Å². The van der Waals surface area contributed by atoms with Gasteiger partial charge in [-0.1, -0.05) is 48.5 Å². The molecule has 0 saturated heterocycles. The van der Waals surface area contributed by atoms with Crippen LogP contribution in [0.3, 0.4) is 0 Å². The van der Waals surface area contributed by atoms with Gasteiger partial charge in [-0.2, -0.15) is 0 Å². The topological polar surface area (TPSA) is 0 Å². The molecule has 0 N–H and O–H groups in total. The first-order chi connectivity index (χ1) is 9.93. The van der Waals surface area contributed by atoms with Crippen molar-refractivity contribution in [1.29, 1.82) is 0 Å². The number of hydrogen-bond acceptors (Lipinski definition) is 0. The highest BCUT2D eigenvalue weighted by Gasteiger charge is 2.24. The van der Waals surface area contributed by atoms with E-state index in [2.05, 4.69) is 48.5 Å². The van der Waals surface area contributed by atoms with E-state index in [-0.39, 0.29) is 0 Å². The minimum absolute atomic E-state index is 1.11. The Morgan fingerprint density at radius 2 is 1.60 bits per heavy atom. The Morgan fingerprint density at radius 3 is 2.55 bits per heavy atom. The van der Waals surface area contributed by atoms with Crippen LogP contribution in [0.1, 0.15) is 29.5 Å². The van der Waals surface area contributed by atoms with Gasteiger partial charge in [0.25, 0.3) is 0 Å². The number of allylic oxidation sites excluding steroid dienone is 2. The van der Waals surface area contributed by atoms with Crippen molar-refractivity contribution in [2.24, 2.45) is 0 Å². The first-order valence-corrected chi connectivity index (χ1v) is 7.58. The lowest BCUT2D eigenvalue weighted by Crippen LogP contribution is -2.08. The molecule has 2 aliphatic carbocycles. The average molecular weight is 256 g/mol. The highest BCUT2D eigenvalue weighted by atomic mass is 14.3. The summed E-state index contributed by atoms with van der Waals surface area (Å²) in [7, 11) is 0. The van der Waals surface area contributed by atoms with Crippen molar-refractivity contribution in [3.8, 4) is 0 Å². The summed E-state index contributed by atoms with van der Waals surface area (Å²) in [6, 6.07) is 15.8. The van der Waals surface area contributed by atoms with Crippen LogP contribution in [0.5, 0.6) is 0 Å². The fourth-order valence-electron chi connectivity index (χ4n) is 4.19. The predicted molar refractivity (Wildman–Crippen MR) is 86.1 cm³/mol. The summed E-state index contributed by atoms with van der Waals surface area (Å²) in [5.41, 5.74) is 6.28. The maximum Gasteiger partial charge on any atom is -0.00643 e. The zero-order valence-electron chi connectivity index (χ0n) is 11.4. The molecule has 2 aliphatic rings. The molecule has 0 unspecified atom stereocenters. The van der Waals surface area contributed by atoms with Gasteiger partial charge in [0.2, 0.25) is 0 Å². The fourth-order valence-corrected chi connectivity index (χ4v) is 4.19. The Morgan fingerprint density at radius 1 is 0.750 bits per heavy atom. The van der Waals surface area contributed by atoms with Gasteiger partial charge >= 0.3 is 0 Å². The fraction of sp³-hybridized carbons (Fsp3) is 0.200. The lowest BCUT2D eigenvalue weighted by molar-refractivity contribution is 0.827. The highest BCUT2D eigenvalue weighted by Crippen LogP contribution is 2.45. The number of rotatable bonds is 0. The van der Waals surface area contributed by atoms with Crippen molar-refractivity contribution in [2.45, 2.75) is 25.7 Å². The molecule has 0 bridgehead atoms. The van der Waals surface area contributed by atoms with Crippen molar-refractivity contribution in [1.82, 2.24) is 0 Å². The van der Waals surface area contributed by atoms with E-state index in [9.17, 15) is 0 Å². The number of benzene rings is 3. The van der Waals surface area contributed by atoms with Gasteiger partial charge in [-0.15, -0.1) is 0 Å². The van der Waals surface area contributed by atoms with Crippen molar-refractivity contribution >= 4 is 27.1 Å². The summed E-state index contributed by atoms with van der Waals surface area (Å²) in [4.78, 5) is 0. The second-order valence-electron chi connectivity index (χ2n) is 6.03. The zero-order valence-corrected chi connectivity index (χ0v) is 11.4. The van der Waals surface area contributed by atoms with Crippen molar-refractivity contribution in [3.05, 3.63) is 65.2 Å². The summed E-state index contributed by atoms with van der Waals surface area (Å²) in [6.45, 7) is 0. The summed E-state index contributed by atoms with van der Waals surface area (Å²) >= 11 is 0. The lowest BCUT2D eigenvalue weighted by atomic mass is 9.76. The van der Waals surface area contributed by atoms with Gasteiger partial charge in [-0.3, -0.25) is 0 Å². The van der Waals surface area contributed by atoms with E-state index >= 15 is 0 Å². The largest absolute Gasteiger partial charge is 0.0763 e. The van der Waals surface area contributed by atoms with Gasteiger partial charge in [0, 0.05) is 0 Å². The van der Waals surface area contributed by atoms with Crippen LogP contribution in [-0.2, 0) is 12.8 Å². The molecule has 0 aromatic heterocycles. The van der Waals surface area contributed by atoms with E-state index in [0.29, 0.717) is 0 Å². The molecule has 0 amide bonds. The third kappa shape index (κ3) is 1.22. The van der Waals surface area contributed by atoms with Crippen molar-refractivity contribution in [3.63, 3.8) is 0 Å². The molecule has 3 aromatic carbocycles. The first-order valence-electron chi connectivity index (χ1n) is 7.58. The lowest BCUT2D eigenvalue weighted by Gasteiger charge is -2.28. The molecular weight excluding hydrogens is 240 g/mol. The monoisotopic (exact) mass is 256 g/mol. The maximum atomic E-state index is 2.47. The van der Waals surface area contributed by atoms with Gasteiger partial charge in [0.1, 0.15) is 0 Å². The van der Waals surface area contributed by atoms with E-state index in [1.165, 1.54) is 41.0 Å². The summed E-state index contributed by atoms with van der Waals surface area (Å²) < 4.78 is 0. The van der Waals surface area contributed by atoms with Crippen molar-refractivity contribution < 1.29 is 0 Å². The highest BCUT2D eigenvalue weighted by molar-refractivity contribution is 6.15. The molecule has 5 rings (SSSR count). The third-order valence-electron chi connectivity index (χ3n) is 5.01. The van der Waals surface area contributed by atoms with Crippen LogP contribution in [0.25, 0.3) is 27.1 Å². The molecule has 0 aliphatic heterocycles. The SMILES string of the molecule is C1=C2CCCc3c2c2c(cccc2c2ccccc32)C1. The summed E-state index contributed by atoms with van der Waals surface area (Å²) in [6.07, 6.45) is 7.37. The average Bonchev–Trinajstić information content (AvgIpc) is 2.53. The zero-order chi connectivity index (χ0) is 13.1. The Kier molecular flexibility index (Phi) is 1.99.